The standard InChI is InChI=1S/C11H15ClO3S/c1-2-16(13,14)15-9-3-4-10-5-7-11(12)8-6-10/h5-8H,2-4,9H2,1H3. The van der Waals surface area contributed by atoms with Gasteiger partial charge in [0.25, 0.3) is 10.1 Å². The SMILES string of the molecule is CCS(=O)(=O)OCCCc1ccc(Cl)cc1. The third-order valence-corrected chi connectivity index (χ3v) is 3.62. The van der Waals surface area contributed by atoms with Gasteiger partial charge < -0.3 is 0 Å². The van der Waals surface area contributed by atoms with Crippen LogP contribution in [0.2, 0.25) is 5.02 Å². The summed E-state index contributed by atoms with van der Waals surface area (Å²) in [5, 5.41) is 0.702. The van der Waals surface area contributed by atoms with Crippen LogP contribution in [0.1, 0.15) is 18.9 Å². The van der Waals surface area contributed by atoms with E-state index in [1.54, 1.807) is 6.92 Å². The lowest BCUT2D eigenvalue weighted by molar-refractivity contribution is 0.313. The van der Waals surface area contributed by atoms with Gasteiger partial charge in [-0.15, -0.1) is 0 Å². The van der Waals surface area contributed by atoms with E-state index in [1.807, 2.05) is 24.3 Å². The van der Waals surface area contributed by atoms with Crippen LogP contribution in [0.3, 0.4) is 0 Å². The zero-order valence-corrected chi connectivity index (χ0v) is 10.7. The lowest BCUT2D eigenvalue weighted by atomic mass is 10.1. The summed E-state index contributed by atoms with van der Waals surface area (Å²) >= 11 is 5.75. The molecule has 0 N–H and O–H groups in total. The first kappa shape index (κ1) is 13.5. The molecule has 0 aliphatic rings. The number of halogens is 1. The number of benzene rings is 1. The quantitative estimate of drug-likeness (QED) is 0.585. The van der Waals surface area contributed by atoms with Crippen molar-refractivity contribution in [1.29, 1.82) is 0 Å². The molecule has 0 aliphatic heterocycles. The summed E-state index contributed by atoms with van der Waals surface area (Å²) in [7, 11) is -3.30. The Morgan fingerprint density at radius 2 is 1.88 bits per heavy atom. The van der Waals surface area contributed by atoms with Gasteiger partial charge in [-0.3, -0.25) is 4.18 Å². The summed E-state index contributed by atoms with van der Waals surface area (Å²) in [4.78, 5) is 0. The fraction of sp³-hybridized carbons (Fsp3) is 0.455. The Labute approximate surface area is 102 Å². The van der Waals surface area contributed by atoms with E-state index in [4.69, 9.17) is 15.8 Å². The minimum absolute atomic E-state index is 0.0218. The van der Waals surface area contributed by atoms with E-state index in [2.05, 4.69) is 0 Å². The Morgan fingerprint density at radius 3 is 2.44 bits per heavy atom. The second kappa shape index (κ2) is 6.23. The predicted molar refractivity (Wildman–Crippen MR) is 65.2 cm³/mol. The molecule has 0 aromatic heterocycles. The monoisotopic (exact) mass is 262 g/mol. The molecule has 1 aromatic carbocycles. The highest BCUT2D eigenvalue weighted by molar-refractivity contribution is 7.86. The maximum absolute atomic E-state index is 11.0. The van der Waals surface area contributed by atoms with Gasteiger partial charge in [-0.25, -0.2) is 0 Å². The lowest BCUT2D eigenvalue weighted by Crippen LogP contribution is -2.09. The zero-order chi connectivity index (χ0) is 12.0. The number of aryl methyl sites for hydroxylation is 1. The first-order valence-electron chi connectivity index (χ1n) is 5.15. The van der Waals surface area contributed by atoms with Gasteiger partial charge in [0.2, 0.25) is 0 Å². The maximum Gasteiger partial charge on any atom is 0.267 e. The molecule has 0 spiro atoms. The molecular formula is C11H15ClO3S. The van der Waals surface area contributed by atoms with Crippen LogP contribution >= 0.6 is 11.6 Å². The lowest BCUT2D eigenvalue weighted by Gasteiger charge is -2.03. The van der Waals surface area contributed by atoms with E-state index in [0.717, 1.165) is 12.0 Å². The third-order valence-electron chi connectivity index (χ3n) is 2.14. The summed E-state index contributed by atoms with van der Waals surface area (Å²) in [6.07, 6.45) is 1.47. The molecule has 0 heterocycles. The highest BCUT2D eigenvalue weighted by Crippen LogP contribution is 2.11. The molecule has 0 saturated heterocycles. The predicted octanol–water partition coefficient (Wildman–Crippen LogP) is 2.64. The number of hydrogen-bond donors (Lipinski definition) is 0. The average Bonchev–Trinajstić information content (AvgIpc) is 2.27. The largest absolute Gasteiger partial charge is 0.270 e. The van der Waals surface area contributed by atoms with Crippen molar-refractivity contribution in [1.82, 2.24) is 0 Å². The topological polar surface area (TPSA) is 43.4 Å². The third kappa shape index (κ3) is 4.96. The molecule has 16 heavy (non-hydrogen) atoms. The summed E-state index contributed by atoms with van der Waals surface area (Å²) in [5.41, 5.74) is 1.13. The van der Waals surface area contributed by atoms with Crippen LogP contribution in [-0.2, 0) is 20.7 Å². The van der Waals surface area contributed by atoms with Crippen LogP contribution in [0.5, 0.6) is 0 Å². The van der Waals surface area contributed by atoms with E-state index in [-0.39, 0.29) is 12.4 Å². The van der Waals surface area contributed by atoms with Crippen LogP contribution in [0.25, 0.3) is 0 Å². The first-order chi connectivity index (χ1) is 7.53. The van der Waals surface area contributed by atoms with Crippen molar-refractivity contribution in [3.8, 4) is 0 Å². The Bertz CT molecular complexity index is 411. The summed E-state index contributed by atoms with van der Waals surface area (Å²) in [6.45, 7) is 1.80. The van der Waals surface area contributed by atoms with E-state index >= 15 is 0 Å². The van der Waals surface area contributed by atoms with Crippen molar-refractivity contribution in [2.45, 2.75) is 19.8 Å². The molecule has 0 saturated carbocycles. The fourth-order valence-corrected chi connectivity index (χ4v) is 1.86. The minimum atomic E-state index is -3.30. The Hall–Kier alpha value is -0.580. The van der Waals surface area contributed by atoms with E-state index in [0.29, 0.717) is 11.4 Å². The van der Waals surface area contributed by atoms with Crippen molar-refractivity contribution in [3.63, 3.8) is 0 Å². The highest BCUT2D eigenvalue weighted by atomic mass is 35.5. The first-order valence-corrected chi connectivity index (χ1v) is 7.10. The number of rotatable bonds is 6. The normalized spacial score (nSPS) is 11.6. The molecule has 90 valence electrons. The van der Waals surface area contributed by atoms with Crippen molar-refractivity contribution in [2.75, 3.05) is 12.4 Å². The van der Waals surface area contributed by atoms with E-state index in [1.165, 1.54) is 0 Å². The Kier molecular flexibility index (Phi) is 5.25. The minimum Gasteiger partial charge on any atom is -0.270 e. The molecule has 0 fully saturated rings. The van der Waals surface area contributed by atoms with Gasteiger partial charge in [-0.2, -0.15) is 8.42 Å². The van der Waals surface area contributed by atoms with Crippen LogP contribution in [0.4, 0.5) is 0 Å². The van der Waals surface area contributed by atoms with Crippen LogP contribution < -0.4 is 0 Å². The summed E-state index contributed by atoms with van der Waals surface area (Å²) in [5.74, 6) is 0.0218. The molecular weight excluding hydrogens is 248 g/mol. The molecule has 1 rings (SSSR count). The second-order valence-electron chi connectivity index (χ2n) is 3.40. The Balaban J connectivity index is 2.29. The van der Waals surface area contributed by atoms with Gasteiger partial charge in [-0.05, 0) is 37.5 Å². The molecule has 1 aromatic rings. The van der Waals surface area contributed by atoms with Gasteiger partial charge in [0.1, 0.15) is 0 Å². The second-order valence-corrected chi connectivity index (χ2v) is 5.76. The summed E-state index contributed by atoms with van der Waals surface area (Å²) in [6, 6.07) is 7.49. The van der Waals surface area contributed by atoms with Crippen LogP contribution in [-0.4, -0.2) is 20.8 Å². The molecule has 0 radical (unpaired) electrons. The summed E-state index contributed by atoms with van der Waals surface area (Å²) < 4.78 is 26.8. The maximum atomic E-state index is 11.0. The zero-order valence-electron chi connectivity index (χ0n) is 9.15. The molecule has 0 bridgehead atoms. The van der Waals surface area contributed by atoms with Crippen molar-refractivity contribution in [3.05, 3.63) is 34.9 Å². The average molecular weight is 263 g/mol. The van der Waals surface area contributed by atoms with Gasteiger partial charge in [0.05, 0.1) is 12.4 Å². The fourth-order valence-electron chi connectivity index (χ4n) is 1.20. The van der Waals surface area contributed by atoms with Gasteiger partial charge >= 0.3 is 0 Å². The van der Waals surface area contributed by atoms with Crippen molar-refractivity contribution >= 4 is 21.7 Å². The van der Waals surface area contributed by atoms with E-state index < -0.39 is 10.1 Å². The molecule has 5 heteroatoms. The molecule has 0 unspecified atom stereocenters. The molecule has 3 nitrogen and oxygen atoms in total. The molecule has 0 amide bonds. The van der Waals surface area contributed by atoms with Gasteiger partial charge in [0.15, 0.2) is 0 Å². The Morgan fingerprint density at radius 1 is 1.25 bits per heavy atom. The molecule has 0 aliphatic carbocycles. The van der Waals surface area contributed by atoms with Crippen LogP contribution in [0, 0.1) is 0 Å². The van der Waals surface area contributed by atoms with E-state index in [9.17, 15) is 8.42 Å². The van der Waals surface area contributed by atoms with Gasteiger partial charge in [0, 0.05) is 5.02 Å². The van der Waals surface area contributed by atoms with Gasteiger partial charge in [-0.1, -0.05) is 23.7 Å². The van der Waals surface area contributed by atoms with Crippen molar-refractivity contribution < 1.29 is 12.6 Å². The molecule has 0 atom stereocenters. The van der Waals surface area contributed by atoms with Crippen molar-refractivity contribution in [2.24, 2.45) is 0 Å². The van der Waals surface area contributed by atoms with Crippen LogP contribution in [0.15, 0.2) is 24.3 Å². The number of hydrogen-bond acceptors (Lipinski definition) is 3. The highest BCUT2D eigenvalue weighted by Gasteiger charge is 2.06. The smallest absolute Gasteiger partial charge is 0.267 e.